The predicted octanol–water partition coefficient (Wildman–Crippen LogP) is 4.74. The van der Waals surface area contributed by atoms with Gasteiger partial charge < -0.3 is 5.32 Å². The molecule has 0 aliphatic carbocycles. The lowest BCUT2D eigenvalue weighted by Crippen LogP contribution is -2.08. The molecule has 1 aliphatic heterocycles. The van der Waals surface area contributed by atoms with Gasteiger partial charge in [0.05, 0.1) is 16.9 Å². The average molecular weight is 377 g/mol. The molecule has 1 N–H and O–H groups in total. The number of anilines is 1. The van der Waals surface area contributed by atoms with Crippen LogP contribution in [0.5, 0.6) is 0 Å². The summed E-state index contributed by atoms with van der Waals surface area (Å²) in [5, 5.41) is 3.98. The van der Waals surface area contributed by atoms with Crippen molar-refractivity contribution in [1.29, 1.82) is 0 Å². The minimum Gasteiger partial charge on any atom is -0.367 e. The second-order valence-electron chi connectivity index (χ2n) is 6.08. The standard InChI is InChI=1S/C18H18ClFN4S/c19-13-4-3-12(10-14(13)20)5-6-21-17-18-23-11-15(16-2-1-9-25-16)24(18)8-7-22-17/h3-4,7-8,10-11,16H,1-2,5-6,9H2,(H,21,22)/t16-/m0/s1. The van der Waals surface area contributed by atoms with Gasteiger partial charge in [0.25, 0.3) is 0 Å². The molecule has 3 aromatic rings. The van der Waals surface area contributed by atoms with Gasteiger partial charge in [-0.05, 0) is 42.7 Å². The molecule has 1 fully saturated rings. The maximum Gasteiger partial charge on any atom is 0.180 e. The molecule has 0 amide bonds. The van der Waals surface area contributed by atoms with Crippen molar-refractivity contribution < 1.29 is 4.39 Å². The fourth-order valence-corrected chi connectivity index (χ4v) is 4.55. The highest BCUT2D eigenvalue weighted by Gasteiger charge is 2.21. The molecule has 0 radical (unpaired) electrons. The van der Waals surface area contributed by atoms with Crippen LogP contribution in [0.2, 0.25) is 5.02 Å². The molecular formula is C18H18ClFN4S. The topological polar surface area (TPSA) is 42.2 Å². The van der Waals surface area contributed by atoms with E-state index < -0.39 is 0 Å². The molecule has 130 valence electrons. The van der Waals surface area contributed by atoms with E-state index in [2.05, 4.69) is 19.7 Å². The monoisotopic (exact) mass is 376 g/mol. The molecule has 25 heavy (non-hydrogen) atoms. The number of hydrogen-bond acceptors (Lipinski definition) is 4. The van der Waals surface area contributed by atoms with Crippen molar-refractivity contribution in [3.63, 3.8) is 0 Å². The van der Waals surface area contributed by atoms with Crippen LogP contribution in [0.25, 0.3) is 5.65 Å². The molecule has 3 heterocycles. The first kappa shape index (κ1) is 16.7. The Kier molecular flexibility index (Phi) is 4.81. The summed E-state index contributed by atoms with van der Waals surface area (Å²) in [6.45, 7) is 0.647. The maximum atomic E-state index is 13.5. The van der Waals surface area contributed by atoms with Crippen molar-refractivity contribution >= 4 is 34.8 Å². The minimum absolute atomic E-state index is 0.151. The maximum absolute atomic E-state index is 13.5. The molecule has 4 rings (SSSR count). The zero-order valence-corrected chi connectivity index (χ0v) is 15.2. The molecular weight excluding hydrogens is 359 g/mol. The van der Waals surface area contributed by atoms with E-state index >= 15 is 0 Å². The summed E-state index contributed by atoms with van der Waals surface area (Å²) in [4.78, 5) is 8.97. The van der Waals surface area contributed by atoms with E-state index in [-0.39, 0.29) is 10.8 Å². The second kappa shape index (κ2) is 7.22. The molecule has 1 atom stereocenters. The highest BCUT2D eigenvalue weighted by atomic mass is 35.5. The fraction of sp³-hybridized carbons (Fsp3) is 0.333. The zero-order chi connectivity index (χ0) is 17.2. The normalized spacial score (nSPS) is 17.3. The average Bonchev–Trinajstić information content (AvgIpc) is 3.27. The largest absolute Gasteiger partial charge is 0.367 e. The van der Waals surface area contributed by atoms with Gasteiger partial charge in [-0.15, -0.1) is 0 Å². The zero-order valence-electron chi connectivity index (χ0n) is 13.6. The molecule has 7 heteroatoms. The minimum atomic E-state index is -0.383. The fourth-order valence-electron chi connectivity index (χ4n) is 3.13. The summed E-state index contributed by atoms with van der Waals surface area (Å²) in [7, 11) is 0. The molecule has 0 unspecified atom stereocenters. The van der Waals surface area contributed by atoms with Crippen LogP contribution in [-0.2, 0) is 6.42 Å². The molecule has 0 bridgehead atoms. The lowest BCUT2D eigenvalue weighted by atomic mass is 10.1. The third-order valence-corrected chi connectivity index (χ3v) is 6.12. The summed E-state index contributed by atoms with van der Waals surface area (Å²) in [5.41, 5.74) is 2.97. The molecule has 1 saturated heterocycles. The van der Waals surface area contributed by atoms with Gasteiger partial charge in [0.1, 0.15) is 5.82 Å². The number of halogens is 2. The Bertz CT molecular complexity index is 892. The quantitative estimate of drug-likeness (QED) is 0.698. The molecule has 2 aromatic heterocycles. The molecule has 1 aromatic carbocycles. The van der Waals surface area contributed by atoms with Crippen molar-refractivity contribution in [2.45, 2.75) is 24.5 Å². The number of rotatable bonds is 5. The van der Waals surface area contributed by atoms with Gasteiger partial charge in [-0.25, -0.2) is 14.4 Å². The summed E-state index contributed by atoms with van der Waals surface area (Å²) < 4.78 is 15.6. The number of aromatic nitrogens is 3. The van der Waals surface area contributed by atoms with Crippen LogP contribution in [0, 0.1) is 5.82 Å². The van der Waals surface area contributed by atoms with Crippen molar-refractivity contribution in [3.8, 4) is 0 Å². The summed E-state index contributed by atoms with van der Waals surface area (Å²) in [6, 6.07) is 4.90. The Labute approximate surface area is 154 Å². The van der Waals surface area contributed by atoms with E-state index in [4.69, 9.17) is 11.6 Å². The van der Waals surface area contributed by atoms with Crippen molar-refractivity contribution in [3.05, 3.63) is 58.9 Å². The number of nitrogens with zero attached hydrogens (tertiary/aromatic N) is 3. The van der Waals surface area contributed by atoms with E-state index in [1.807, 2.05) is 30.2 Å². The Balaban J connectivity index is 1.48. The van der Waals surface area contributed by atoms with Crippen LogP contribution in [0.4, 0.5) is 10.2 Å². The van der Waals surface area contributed by atoms with Crippen LogP contribution in [0.1, 0.15) is 29.3 Å². The highest BCUT2D eigenvalue weighted by Crippen LogP contribution is 2.40. The number of thioether (sulfide) groups is 1. The van der Waals surface area contributed by atoms with Gasteiger partial charge in [0.2, 0.25) is 0 Å². The number of imidazole rings is 1. The predicted molar refractivity (Wildman–Crippen MR) is 101 cm³/mol. The van der Waals surface area contributed by atoms with Crippen LogP contribution in [0.3, 0.4) is 0 Å². The van der Waals surface area contributed by atoms with Crippen LogP contribution in [-0.4, -0.2) is 26.7 Å². The highest BCUT2D eigenvalue weighted by molar-refractivity contribution is 7.99. The van der Waals surface area contributed by atoms with Gasteiger partial charge in [-0.2, -0.15) is 11.8 Å². The molecule has 0 spiro atoms. The number of fused-ring (bicyclic) bond motifs is 1. The van der Waals surface area contributed by atoms with Gasteiger partial charge >= 0.3 is 0 Å². The van der Waals surface area contributed by atoms with Crippen LogP contribution >= 0.6 is 23.4 Å². The molecule has 1 aliphatic rings. The first-order chi connectivity index (χ1) is 12.2. The Morgan fingerprint density at radius 2 is 2.28 bits per heavy atom. The van der Waals surface area contributed by atoms with Gasteiger partial charge in [0.15, 0.2) is 11.5 Å². The van der Waals surface area contributed by atoms with E-state index in [0.717, 1.165) is 17.0 Å². The Hall–Kier alpha value is -1.79. The van der Waals surface area contributed by atoms with Crippen LogP contribution < -0.4 is 5.32 Å². The lowest BCUT2D eigenvalue weighted by molar-refractivity contribution is 0.626. The van der Waals surface area contributed by atoms with Crippen LogP contribution in [0.15, 0.2) is 36.8 Å². The number of hydrogen-bond donors (Lipinski definition) is 1. The van der Waals surface area contributed by atoms with E-state index in [9.17, 15) is 4.39 Å². The van der Waals surface area contributed by atoms with E-state index in [1.165, 1.54) is 30.4 Å². The SMILES string of the molecule is Fc1cc(CCNc2nccn3c([C@@H]4CCCS4)cnc23)ccc1Cl. The van der Waals surface area contributed by atoms with E-state index in [1.54, 1.807) is 12.3 Å². The second-order valence-corrected chi connectivity index (χ2v) is 7.80. The smallest absolute Gasteiger partial charge is 0.180 e. The Morgan fingerprint density at radius 1 is 1.36 bits per heavy atom. The summed E-state index contributed by atoms with van der Waals surface area (Å²) in [6.07, 6.45) is 8.86. The van der Waals surface area contributed by atoms with Crippen molar-refractivity contribution in [1.82, 2.24) is 14.4 Å². The van der Waals surface area contributed by atoms with Crippen molar-refractivity contribution in [2.75, 3.05) is 17.6 Å². The first-order valence-electron chi connectivity index (χ1n) is 8.34. The third-order valence-electron chi connectivity index (χ3n) is 4.41. The molecule has 4 nitrogen and oxygen atoms in total. The Morgan fingerprint density at radius 3 is 3.08 bits per heavy atom. The van der Waals surface area contributed by atoms with Gasteiger partial charge in [-0.3, -0.25) is 4.40 Å². The first-order valence-corrected chi connectivity index (χ1v) is 9.76. The van der Waals surface area contributed by atoms with Gasteiger partial charge in [0, 0.05) is 24.2 Å². The number of benzene rings is 1. The lowest BCUT2D eigenvalue weighted by Gasteiger charge is -2.10. The third kappa shape index (κ3) is 3.46. The molecule has 0 saturated carbocycles. The summed E-state index contributed by atoms with van der Waals surface area (Å²) in [5.74, 6) is 1.59. The van der Waals surface area contributed by atoms with Crippen molar-refractivity contribution in [2.24, 2.45) is 0 Å². The van der Waals surface area contributed by atoms with Gasteiger partial charge in [-0.1, -0.05) is 17.7 Å². The van der Waals surface area contributed by atoms with E-state index in [0.29, 0.717) is 18.2 Å². The number of nitrogens with one attached hydrogen (secondary N) is 1. The summed E-state index contributed by atoms with van der Waals surface area (Å²) >= 11 is 7.71.